The molecule has 0 amide bonds. The quantitative estimate of drug-likeness (QED) is 0.528. The van der Waals surface area contributed by atoms with Crippen molar-refractivity contribution >= 4 is 5.97 Å². The third-order valence-corrected chi connectivity index (χ3v) is 1.30. The number of aliphatic carboxylic acids is 1. The summed E-state index contributed by atoms with van der Waals surface area (Å²) in [4.78, 5) is 10.1. The van der Waals surface area contributed by atoms with Crippen LogP contribution in [0.2, 0.25) is 0 Å². The largest absolute Gasteiger partial charge is 0.479 e. The Bertz CT molecular complexity index is 110. The van der Waals surface area contributed by atoms with E-state index in [4.69, 9.17) is 9.84 Å². The summed E-state index contributed by atoms with van der Waals surface area (Å²) in [6.07, 6.45) is -0.532. The molecule has 1 fully saturated rings. The number of hydrogen-bond donors (Lipinski definition) is 1. The summed E-state index contributed by atoms with van der Waals surface area (Å²) in [7, 11) is 0. The van der Waals surface area contributed by atoms with Gasteiger partial charge in [0, 0.05) is 5.92 Å². The highest BCUT2D eigenvalue weighted by molar-refractivity contribution is 5.73. The van der Waals surface area contributed by atoms with Crippen LogP contribution in [0.1, 0.15) is 6.92 Å². The molecule has 1 saturated heterocycles. The van der Waals surface area contributed by atoms with Gasteiger partial charge < -0.3 is 9.84 Å². The molecule has 0 aromatic heterocycles. The Labute approximate surface area is 47.3 Å². The van der Waals surface area contributed by atoms with Crippen molar-refractivity contribution in [2.75, 3.05) is 6.61 Å². The Morgan fingerprint density at radius 1 is 1.88 bits per heavy atom. The maximum atomic E-state index is 10.1. The SMILES string of the molecule is CC1COC1C(=O)O. The molecule has 0 spiro atoms. The van der Waals surface area contributed by atoms with E-state index in [1.165, 1.54) is 0 Å². The molecule has 1 N–H and O–H groups in total. The molecule has 1 aliphatic heterocycles. The predicted octanol–water partition coefficient (Wildman–Crippen LogP) is 0.106. The second-order valence-electron chi connectivity index (χ2n) is 2.07. The summed E-state index contributed by atoms with van der Waals surface area (Å²) in [5.74, 6) is -0.642. The van der Waals surface area contributed by atoms with Gasteiger partial charge in [0.05, 0.1) is 6.61 Å². The lowest BCUT2D eigenvalue weighted by Crippen LogP contribution is -2.43. The van der Waals surface area contributed by atoms with Crippen LogP contribution in [0.4, 0.5) is 0 Å². The van der Waals surface area contributed by atoms with Crippen molar-refractivity contribution in [2.45, 2.75) is 13.0 Å². The lowest BCUT2D eigenvalue weighted by atomic mass is 10.0. The maximum absolute atomic E-state index is 10.1. The zero-order chi connectivity index (χ0) is 6.15. The van der Waals surface area contributed by atoms with E-state index in [0.717, 1.165) is 0 Å². The average Bonchev–Trinajstić information content (AvgIpc) is 1.61. The summed E-state index contributed by atoms with van der Waals surface area (Å²) in [5.41, 5.74) is 0. The van der Waals surface area contributed by atoms with Crippen LogP contribution < -0.4 is 0 Å². The Hall–Kier alpha value is -0.570. The van der Waals surface area contributed by atoms with Crippen LogP contribution >= 0.6 is 0 Å². The van der Waals surface area contributed by atoms with Crippen LogP contribution in [-0.4, -0.2) is 23.8 Å². The summed E-state index contributed by atoms with van der Waals surface area (Å²) >= 11 is 0. The highest BCUT2D eigenvalue weighted by atomic mass is 16.5. The topological polar surface area (TPSA) is 46.5 Å². The van der Waals surface area contributed by atoms with E-state index in [1.54, 1.807) is 0 Å². The van der Waals surface area contributed by atoms with Gasteiger partial charge in [0.1, 0.15) is 0 Å². The van der Waals surface area contributed by atoms with Crippen molar-refractivity contribution in [3.05, 3.63) is 0 Å². The monoisotopic (exact) mass is 116 g/mol. The third kappa shape index (κ3) is 0.690. The third-order valence-electron chi connectivity index (χ3n) is 1.30. The lowest BCUT2D eigenvalue weighted by Gasteiger charge is -2.30. The molecule has 1 heterocycles. The van der Waals surface area contributed by atoms with Crippen molar-refractivity contribution in [2.24, 2.45) is 5.92 Å². The molecule has 46 valence electrons. The second kappa shape index (κ2) is 1.74. The normalized spacial score (nSPS) is 36.1. The Morgan fingerprint density at radius 2 is 2.50 bits per heavy atom. The first-order chi connectivity index (χ1) is 3.72. The zero-order valence-corrected chi connectivity index (χ0v) is 4.63. The molecule has 0 aromatic carbocycles. The van der Waals surface area contributed by atoms with E-state index in [-0.39, 0.29) is 5.92 Å². The molecule has 0 aromatic rings. The first-order valence-electron chi connectivity index (χ1n) is 2.56. The fraction of sp³-hybridized carbons (Fsp3) is 0.800. The lowest BCUT2D eigenvalue weighted by molar-refractivity contribution is -0.175. The molecule has 0 bridgehead atoms. The van der Waals surface area contributed by atoms with Gasteiger partial charge in [-0.2, -0.15) is 0 Å². The molecule has 0 radical (unpaired) electrons. The number of carboxylic acid groups (broad SMARTS) is 1. The standard InChI is InChI=1S/C5H8O3/c1-3-2-8-4(3)5(6)7/h3-4H,2H2,1H3,(H,6,7). The number of carboxylic acids is 1. The van der Waals surface area contributed by atoms with Gasteiger partial charge in [0.15, 0.2) is 6.10 Å². The van der Waals surface area contributed by atoms with Crippen LogP contribution in [-0.2, 0) is 9.53 Å². The summed E-state index contributed by atoms with van der Waals surface area (Å²) in [6.45, 7) is 2.46. The molecular formula is C5H8O3. The highest BCUT2D eigenvalue weighted by Crippen LogP contribution is 2.18. The van der Waals surface area contributed by atoms with Gasteiger partial charge in [-0.3, -0.25) is 0 Å². The van der Waals surface area contributed by atoms with Gasteiger partial charge in [-0.05, 0) is 0 Å². The summed E-state index contributed by atoms with van der Waals surface area (Å²) in [5, 5.41) is 8.28. The Balaban J connectivity index is 2.37. The number of carbonyl (C=O) groups is 1. The predicted molar refractivity (Wildman–Crippen MR) is 26.5 cm³/mol. The summed E-state index contributed by atoms with van der Waals surface area (Å²) < 4.78 is 4.70. The Morgan fingerprint density at radius 3 is 2.50 bits per heavy atom. The molecule has 0 aliphatic carbocycles. The molecule has 1 aliphatic rings. The first kappa shape index (κ1) is 5.56. The van der Waals surface area contributed by atoms with E-state index >= 15 is 0 Å². The molecule has 0 saturated carbocycles. The summed E-state index contributed by atoms with van der Waals surface area (Å²) in [6, 6.07) is 0. The van der Waals surface area contributed by atoms with E-state index in [0.29, 0.717) is 6.61 Å². The van der Waals surface area contributed by atoms with E-state index in [9.17, 15) is 4.79 Å². The van der Waals surface area contributed by atoms with E-state index < -0.39 is 12.1 Å². The van der Waals surface area contributed by atoms with Crippen LogP contribution in [0.5, 0.6) is 0 Å². The number of hydrogen-bond acceptors (Lipinski definition) is 2. The number of rotatable bonds is 1. The molecule has 8 heavy (non-hydrogen) atoms. The average molecular weight is 116 g/mol. The van der Waals surface area contributed by atoms with Crippen molar-refractivity contribution in [3.63, 3.8) is 0 Å². The molecule has 2 unspecified atom stereocenters. The van der Waals surface area contributed by atoms with Crippen molar-refractivity contribution in [1.29, 1.82) is 0 Å². The van der Waals surface area contributed by atoms with Crippen LogP contribution in [0.15, 0.2) is 0 Å². The Kier molecular flexibility index (Phi) is 1.21. The number of ether oxygens (including phenoxy) is 1. The zero-order valence-electron chi connectivity index (χ0n) is 4.63. The van der Waals surface area contributed by atoms with Gasteiger partial charge in [0.25, 0.3) is 0 Å². The van der Waals surface area contributed by atoms with Gasteiger partial charge in [-0.25, -0.2) is 4.79 Å². The van der Waals surface area contributed by atoms with Crippen LogP contribution in [0.3, 0.4) is 0 Å². The highest BCUT2D eigenvalue weighted by Gasteiger charge is 2.33. The van der Waals surface area contributed by atoms with E-state index in [2.05, 4.69) is 0 Å². The van der Waals surface area contributed by atoms with Crippen LogP contribution in [0.25, 0.3) is 0 Å². The fourth-order valence-corrected chi connectivity index (χ4v) is 0.700. The first-order valence-corrected chi connectivity index (χ1v) is 2.56. The van der Waals surface area contributed by atoms with Crippen molar-refractivity contribution in [3.8, 4) is 0 Å². The molecular weight excluding hydrogens is 108 g/mol. The minimum atomic E-state index is -0.844. The fourth-order valence-electron chi connectivity index (χ4n) is 0.700. The molecule has 3 heteroatoms. The minimum absolute atomic E-state index is 0.201. The van der Waals surface area contributed by atoms with E-state index in [1.807, 2.05) is 6.92 Å². The smallest absolute Gasteiger partial charge is 0.333 e. The minimum Gasteiger partial charge on any atom is -0.479 e. The van der Waals surface area contributed by atoms with Crippen molar-refractivity contribution < 1.29 is 14.6 Å². The van der Waals surface area contributed by atoms with Gasteiger partial charge >= 0.3 is 5.97 Å². The van der Waals surface area contributed by atoms with Crippen LogP contribution in [0, 0.1) is 5.92 Å². The second-order valence-corrected chi connectivity index (χ2v) is 2.07. The van der Waals surface area contributed by atoms with Gasteiger partial charge in [-0.1, -0.05) is 6.92 Å². The molecule has 1 rings (SSSR count). The van der Waals surface area contributed by atoms with Gasteiger partial charge in [-0.15, -0.1) is 0 Å². The van der Waals surface area contributed by atoms with Gasteiger partial charge in [0.2, 0.25) is 0 Å². The molecule has 2 atom stereocenters. The maximum Gasteiger partial charge on any atom is 0.333 e. The molecule has 3 nitrogen and oxygen atoms in total. The van der Waals surface area contributed by atoms with Crippen molar-refractivity contribution in [1.82, 2.24) is 0 Å².